The Balaban J connectivity index is 6.28. The lowest BCUT2D eigenvalue weighted by molar-refractivity contribution is -0.311. The molecule has 0 aromatic carbocycles. The standard InChI is InChI=1S/C5F13P/c6-1(2(7,8)9,3(10,11)12)19(4(13,14)15)5(16,17)18. The van der Waals surface area contributed by atoms with Crippen LogP contribution in [-0.4, -0.2) is 29.6 Å². The number of halogens is 13. The molecular formula is C5F13P. The second-order valence-corrected chi connectivity index (χ2v) is 5.19. The van der Waals surface area contributed by atoms with Gasteiger partial charge in [-0.1, -0.05) is 0 Å². The van der Waals surface area contributed by atoms with E-state index in [2.05, 4.69) is 0 Å². The number of alkyl halides is 13. The highest BCUT2D eigenvalue weighted by Crippen LogP contribution is 2.78. The Labute approximate surface area is 95.9 Å². The minimum Gasteiger partial charge on any atom is -0.218 e. The van der Waals surface area contributed by atoms with Gasteiger partial charge in [-0.3, -0.25) is 0 Å². The van der Waals surface area contributed by atoms with Crippen LogP contribution < -0.4 is 0 Å². The summed E-state index contributed by atoms with van der Waals surface area (Å²) >= 11 is 0. The first kappa shape index (κ1) is 18.5. The van der Waals surface area contributed by atoms with Gasteiger partial charge < -0.3 is 0 Å². The molecule has 0 bridgehead atoms. The van der Waals surface area contributed by atoms with E-state index >= 15 is 0 Å². The molecule has 0 aliphatic heterocycles. The first-order chi connectivity index (χ1) is 7.87. The summed E-state index contributed by atoms with van der Waals surface area (Å²) in [7, 11) is -7.08. The van der Waals surface area contributed by atoms with Crippen LogP contribution in [0.15, 0.2) is 0 Å². The summed E-state index contributed by atoms with van der Waals surface area (Å²) in [4.78, 5) is 0. The fraction of sp³-hybridized carbons (Fsp3) is 1.00. The maximum atomic E-state index is 12.8. The van der Waals surface area contributed by atoms with Crippen LogP contribution in [-0.2, 0) is 0 Å². The van der Waals surface area contributed by atoms with Gasteiger partial charge in [0.15, 0.2) is 7.92 Å². The highest BCUT2D eigenvalue weighted by Gasteiger charge is 2.86. The number of hydrogen-bond donors (Lipinski definition) is 0. The van der Waals surface area contributed by atoms with Gasteiger partial charge in [-0.15, -0.1) is 0 Å². The summed E-state index contributed by atoms with van der Waals surface area (Å²) in [5.74, 6) is -14.2. The molecule has 0 nitrogen and oxygen atoms in total. The molecule has 0 unspecified atom stereocenters. The lowest BCUT2D eigenvalue weighted by atomic mass is 10.3. The maximum Gasteiger partial charge on any atom is 0.436 e. The number of hydrogen-bond acceptors (Lipinski definition) is 0. The highest BCUT2D eigenvalue weighted by molar-refractivity contribution is 7.61. The van der Waals surface area contributed by atoms with Gasteiger partial charge in [0, 0.05) is 0 Å². The van der Waals surface area contributed by atoms with Gasteiger partial charge in [-0.05, 0) is 0 Å². The van der Waals surface area contributed by atoms with E-state index in [1.165, 1.54) is 0 Å². The largest absolute Gasteiger partial charge is 0.436 e. The van der Waals surface area contributed by atoms with Crippen LogP contribution in [0.4, 0.5) is 57.1 Å². The first-order valence-corrected chi connectivity index (χ1v) is 4.97. The van der Waals surface area contributed by atoms with Crippen molar-refractivity contribution in [2.75, 3.05) is 0 Å². The van der Waals surface area contributed by atoms with Crippen LogP contribution in [0.25, 0.3) is 0 Å². The summed E-state index contributed by atoms with van der Waals surface area (Å²) in [5.41, 5.74) is 0. The molecule has 0 radical (unpaired) electrons. The van der Waals surface area contributed by atoms with Gasteiger partial charge in [-0.2, -0.15) is 52.7 Å². The van der Waals surface area contributed by atoms with Crippen molar-refractivity contribution in [2.45, 2.75) is 29.6 Å². The smallest absolute Gasteiger partial charge is 0.218 e. The highest BCUT2D eigenvalue weighted by atomic mass is 31.1. The molecule has 0 spiro atoms. The molecule has 0 saturated heterocycles. The van der Waals surface area contributed by atoms with Gasteiger partial charge >= 0.3 is 29.6 Å². The molecule has 0 N–H and O–H groups in total. The molecule has 0 aliphatic rings. The first-order valence-electron chi connectivity index (χ1n) is 3.63. The molecule has 116 valence electrons. The molecule has 0 aromatic rings. The molecule has 0 amide bonds. The molecule has 0 heterocycles. The Morgan fingerprint density at radius 1 is 0.421 bits per heavy atom. The Morgan fingerprint density at radius 2 is 0.632 bits per heavy atom. The Hall–Kier alpha value is -0.480. The maximum absolute atomic E-state index is 12.8. The van der Waals surface area contributed by atoms with Gasteiger partial charge in [-0.25, -0.2) is 4.39 Å². The predicted octanol–water partition coefficient (Wildman–Crippen LogP) is 5.30. The molecule has 0 fully saturated rings. The van der Waals surface area contributed by atoms with Crippen molar-refractivity contribution >= 4 is 7.92 Å². The molecule has 0 aliphatic carbocycles. The molecule has 14 heteroatoms. The summed E-state index contributed by atoms with van der Waals surface area (Å²) in [6.07, 6.45) is -14.9. The van der Waals surface area contributed by atoms with E-state index in [4.69, 9.17) is 0 Å². The van der Waals surface area contributed by atoms with E-state index in [9.17, 15) is 57.1 Å². The summed E-state index contributed by atoms with van der Waals surface area (Å²) < 4.78 is 155. The molecule has 0 atom stereocenters. The van der Waals surface area contributed by atoms with Gasteiger partial charge in [0.1, 0.15) is 0 Å². The summed E-state index contributed by atoms with van der Waals surface area (Å²) in [6, 6.07) is 0. The normalized spacial score (nSPS) is 16.1. The Kier molecular flexibility index (Phi) is 4.41. The second-order valence-electron chi connectivity index (χ2n) is 2.89. The third kappa shape index (κ3) is 3.34. The van der Waals surface area contributed by atoms with Crippen LogP contribution in [0.1, 0.15) is 0 Å². The van der Waals surface area contributed by atoms with Gasteiger partial charge in [0.25, 0.3) is 0 Å². The van der Waals surface area contributed by atoms with E-state index in [1.54, 1.807) is 0 Å². The zero-order chi connectivity index (χ0) is 16.1. The van der Waals surface area contributed by atoms with E-state index in [0.717, 1.165) is 0 Å². The van der Waals surface area contributed by atoms with Gasteiger partial charge in [0.05, 0.1) is 0 Å². The van der Waals surface area contributed by atoms with Crippen molar-refractivity contribution in [3.63, 3.8) is 0 Å². The van der Waals surface area contributed by atoms with Crippen molar-refractivity contribution in [3.05, 3.63) is 0 Å². The summed E-state index contributed by atoms with van der Waals surface area (Å²) in [5, 5.41) is -7.42. The van der Waals surface area contributed by atoms with E-state index in [1.807, 2.05) is 0 Å². The van der Waals surface area contributed by atoms with Crippen molar-refractivity contribution in [3.8, 4) is 0 Å². The van der Waals surface area contributed by atoms with Crippen LogP contribution in [0.2, 0.25) is 0 Å². The lowest BCUT2D eigenvalue weighted by Gasteiger charge is -2.37. The zero-order valence-electron chi connectivity index (χ0n) is 7.86. The Bertz CT molecular complexity index is 286. The van der Waals surface area contributed by atoms with E-state index < -0.39 is 37.5 Å². The van der Waals surface area contributed by atoms with Crippen LogP contribution >= 0.6 is 7.92 Å². The SMILES string of the molecule is FC(F)(F)P(C(F)(F)F)C(F)(C(F)(F)F)C(F)(F)F. The minimum absolute atomic E-state index is 7.08. The van der Waals surface area contributed by atoms with Crippen LogP contribution in [0, 0.1) is 0 Å². The topological polar surface area (TPSA) is 0 Å². The van der Waals surface area contributed by atoms with E-state index in [-0.39, 0.29) is 0 Å². The second kappa shape index (κ2) is 4.52. The Morgan fingerprint density at radius 3 is 0.684 bits per heavy atom. The van der Waals surface area contributed by atoms with Crippen LogP contribution in [0.5, 0.6) is 0 Å². The molecule has 0 rings (SSSR count). The quantitative estimate of drug-likeness (QED) is 0.450. The molecule has 19 heavy (non-hydrogen) atoms. The fourth-order valence-electron chi connectivity index (χ4n) is 0.907. The van der Waals surface area contributed by atoms with Crippen LogP contribution in [0.3, 0.4) is 0 Å². The monoisotopic (exact) mass is 338 g/mol. The molecular weight excluding hydrogens is 338 g/mol. The third-order valence-electron chi connectivity index (χ3n) is 1.57. The average molecular weight is 338 g/mol. The fourth-order valence-corrected chi connectivity index (χ4v) is 2.40. The van der Waals surface area contributed by atoms with E-state index in [0.29, 0.717) is 0 Å². The van der Waals surface area contributed by atoms with Crippen molar-refractivity contribution in [1.29, 1.82) is 0 Å². The molecule has 0 saturated carbocycles. The summed E-state index contributed by atoms with van der Waals surface area (Å²) in [6.45, 7) is 0. The molecule has 0 aromatic heterocycles. The third-order valence-corrected chi connectivity index (χ3v) is 3.70. The zero-order valence-corrected chi connectivity index (χ0v) is 8.76. The predicted molar refractivity (Wildman–Crippen MR) is 35.0 cm³/mol. The van der Waals surface area contributed by atoms with Crippen molar-refractivity contribution < 1.29 is 57.1 Å². The van der Waals surface area contributed by atoms with Gasteiger partial charge in [0.2, 0.25) is 0 Å². The van der Waals surface area contributed by atoms with Crippen molar-refractivity contribution in [2.24, 2.45) is 0 Å². The average Bonchev–Trinajstić information content (AvgIpc) is 1.92. The minimum atomic E-state index is -7.43. The van der Waals surface area contributed by atoms with Crippen molar-refractivity contribution in [1.82, 2.24) is 0 Å². The number of rotatable bonds is 1. The lowest BCUT2D eigenvalue weighted by Crippen LogP contribution is -2.55.